The van der Waals surface area contributed by atoms with Crippen LogP contribution in [0, 0.1) is 0 Å². The van der Waals surface area contributed by atoms with Crippen LogP contribution in [0.25, 0.3) is 0 Å². The zero-order chi connectivity index (χ0) is 21.9. The monoisotopic (exact) mass is 422 g/mol. The summed E-state index contributed by atoms with van der Waals surface area (Å²) in [6, 6.07) is 4.02. The number of piperidine rings is 1. The average molecular weight is 422 g/mol. The summed E-state index contributed by atoms with van der Waals surface area (Å²) in [5, 5.41) is 2.20. The van der Waals surface area contributed by atoms with Gasteiger partial charge in [0.05, 0.1) is 17.0 Å². The fourth-order valence-corrected chi connectivity index (χ4v) is 4.70. The van der Waals surface area contributed by atoms with Crippen LogP contribution in [0.5, 0.6) is 0 Å². The molecule has 4 heterocycles. The van der Waals surface area contributed by atoms with Gasteiger partial charge in [-0.1, -0.05) is 0 Å². The highest BCUT2D eigenvalue weighted by Gasteiger charge is 2.45. The first-order valence-corrected chi connectivity index (χ1v) is 10.2. The van der Waals surface area contributed by atoms with Gasteiger partial charge in [-0.05, 0) is 24.6 Å². The van der Waals surface area contributed by atoms with E-state index < -0.39 is 29.7 Å². The number of benzene rings is 1. The Morgan fingerprint density at radius 2 is 1.87 bits per heavy atom. The maximum atomic E-state index is 13.0. The first-order valence-electron chi connectivity index (χ1n) is 10.2. The van der Waals surface area contributed by atoms with Gasteiger partial charge in [-0.15, -0.1) is 0 Å². The number of nitrogens with zero attached hydrogens (tertiary/aromatic N) is 4. The predicted molar refractivity (Wildman–Crippen MR) is 109 cm³/mol. The summed E-state index contributed by atoms with van der Waals surface area (Å²) < 4.78 is 1.96. The van der Waals surface area contributed by atoms with Gasteiger partial charge >= 0.3 is 0 Å². The minimum atomic E-state index is -0.971. The van der Waals surface area contributed by atoms with Crippen LogP contribution < -0.4 is 16.0 Å². The molecule has 3 atom stereocenters. The Kier molecular flexibility index (Phi) is 4.40. The van der Waals surface area contributed by atoms with Gasteiger partial charge < -0.3 is 15.2 Å². The van der Waals surface area contributed by atoms with Crippen molar-refractivity contribution in [1.29, 1.82) is 0 Å². The summed E-state index contributed by atoms with van der Waals surface area (Å²) in [6.45, 7) is 1.24. The number of carbonyl (C=O) groups is 4. The topological polar surface area (TPSA) is 131 Å². The number of fused-ring (bicyclic) bond motifs is 1. The van der Waals surface area contributed by atoms with Gasteiger partial charge in [0, 0.05) is 50.7 Å². The molecule has 1 aromatic heterocycles. The highest BCUT2D eigenvalue weighted by molar-refractivity contribution is 6.23. The summed E-state index contributed by atoms with van der Waals surface area (Å²) in [5.74, 6) is -1.08. The molecule has 3 aliphatic rings. The van der Waals surface area contributed by atoms with Crippen molar-refractivity contribution in [2.75, 3.05) is 18.0 Å². The molecule has 0 aliphatic carbocycles. The second-order valence-corrected chi connectivity index (χ2v) is 8.25. The Labute approximate surface area is 178 Å². The second-order valence-electron chi connectivity index (χ2n) is 8.25. The Morgan fingerprint density at radius 3 is 2.58 bits per heavy atom. The number of amides is 4. The number of aromatic nitrogens is 2. The minimum Gasteiger partial charge on any atom is -0.369 e. The molecule has 0 spiro atoms. The van der Waals surface area contributed by atoms with Gasteiger partial charge in [-0.3, -0.25) is 29.4 Å². The lowest BCUT2D eigenvalue weighted by molar-refractivity contribution is -0.136. The summed E-state index contributed by atoms with van der Waals surface area (Å²) in [6.07, 6.45) is 3.85. The normalized spacial score (nSPS) is 25.9. The first-order chi connectivity index (χ1) is 14.8. The summed E-state index contributed by atoms with van der Waals surface area (Å²) in [4.78, 5) is 57.0. The molecule has 31 heavy (non-hydrogen) atoms. The molecule has 0 bridgehead atoms. The van der Waals surface area contributed by atoms with Crippen LogP contribution >= 0.6 is 0 Å². The molecule has 10 nitrogen and oxygen atoms in total. The van der Waals surface area contributed by atoms with Crippen LogP contribution in [-0.4, -0.2) is 63.3 Å². The predicted octanol–water partition coefficient (Wildman–Crippen LogP) is -0.248. The molecule has 2 fully saturated rings. The number of nitrogens with one attached hydrogen (secondary N) is 1. The number of aryl methyl sites for hydroxylation is 1. The zero-order valence-electron chi connectivity index (χ0n) is 16.9. The molecule has 4 amide bonds. The van der Waals surface area contributed by atoms with Gasteiger partial charge in [-0.2, -0.15) is 0 Å². The Balaban J connectivity index is 1.40. The van der Waals surface area contributed by atoms with E-state index in [0.29, 0.717) is 13.1 Å². The third kappa shape index (κ3) is 3.02. The standard InChI is InChI=1S/C21H22N6O4/c1-25-7-6-23-18(25)14-9-26(10-15(14)22)11-2-3-12-13(8-11)21(31)27(20(12)30)16-4-5-17(28)24-19(16)29/h2-3,6-8,14-16H,4-5,9-10,22H2,1H3,(H,24,28,29)/t14-,15-,16?/m1/s1. The van der Waals surface area contributed by atoms with E-state index in [4.69, 9.17) is 5.73 Å². The molecule has 3 aliphatic heterocycles. The van der Waals surface area contributed by atoms with Gasteiger partial charge in [0.2, 0.25) is 11.8 Å². The van der Waals surface area contributed by atoms with Gasteiger partial charge in [0.15, 0.2) is 0 Å². The SMILES string of the molecule is Cn1ccnc1[C@@H]1CN(c2ccc3c(c2)C(=O)N(C2CCC(=O)NC2=O)C3=O)C[C@H]1N. The van der Waals surface area contributed by atoms with Gasteiger partial charge in [0.1, 0.15) is 11.9 Å². The van der Waals surface area contributed by atoms with Crippen LogP contribution in [-0.2, 0) is 16.6 Å². The summed E-state index contributed by atoms with van der Waals surface area (Å²) >= 11 is 0. The van der Waals surface area contributed by atoms with E-state index in [-0.39, 0.29) is 35.9 Å². The molecule has 2 saturated heterocycles. The average Bonchev–Trinajstić information content (AvgIpc) is 3.39. The van der Waals surface area contributed by atoms with E-state index in [1.807, 2.05) is 17.8 Å². The Morgan fingerprint density at radius 1 is 1.10 bits per heavy atom. The number of rotatable bonds is 3. The summed E-state index contributed by atoms with van der Waals surface area (Å²) in [5.41, 5.74) is 7.70. The quantitative estimate of drug-likeness (QED) is 0.653. The van der Waals surface area contributed by atoms with E-state index in [1.165, 1.54) is 0 Å². The molecular formula is C21H22N6O4. The van der Waals surface area contributed by atoms with Crippen LogP contribution in [0.4, 0.5) is 5.69 Å². The second kappa shape index (κ2) is 7.02. The number of carbonyl (C=O) groups excluding carboxylic acids is 4. The van der Waals surface area contributed by atoms with Crippen LogP contribution in [0.1, 0.15) is 45.3 Å². The number of hydrogen-bond acceptors (Lipinski definition) is 7. The van der Waals surface area contributed by atoms with Crippen molar-refractivity contribution >= 4 is 29.3 Å². The van der Waals surface area contributed by atoms with E-state index >= 15 is 0 Å². The van der Waals surface area contributed by atoms with Crippen LogP contribution in [0.15, 0.2) is 30.6 Å². The molecule has 2 aromatic rings. The molecule has 5 rings (SSSR count). The highest BCUT2D eigenvalue weighted by atomic mass is 16.2. The number of imide groups is 2. The van der Waals surface area contributed by atoms with E-state index in [9.17, 15) is 19.2 Å². The fourth-order valence-electron chi connectivity index (χ4n) is 4.70. The Bertz CT molecular complexity index is 1120. The molecule has 1 aromatic carbocycles. The van der Waals surface area contributed by atoms with Crippen molar-refractivity contribution in [3.05, 3.63) is 47.5 Å². The van der Waals surface area contributed by atoms with Crippen molar-refractivity contribution in [2.24, 2.45) is 12.8 Å². The Hall–Kier alpha value is -3.53. The van der Waals surface area contributed by atoms with Crippen molar-refractivity contribution < 1.29 is 19.2 Å². The minimum absolute atomic E-state index is 0.0468. The maximum absolute atomic E-state index is 13.0. The molecule has 1 unspecified atom stereocenters. The third-order valence-electron chi connectivity index (χ3n) is 6.34. The third-order valence-corrected chi connectivity index (χ3v) is 6.34. The molecule has 160 valence electrons. The van der Waals surface area contributed by atoms with Gasteiger partial charge in [0.25, 0.3) is 11.8 Å². The summed E-state index contributed by atoms with van der Waals surface area (Å²) in [7, 11) is 1.93. The van der Waals surface area contributed by atoms with Crippen molar-refractivity contribution in [2.45, 2.75) is 30.8 Å². The highest BCUT2D eigenvalue weighted by Crippen LogP contribution is 2.34. The van der Waals surface area contributed by atoms with Crippen molar-refractivity contribution in [3.8, 4) is 0 Å². The molecule has 3 N–H and O–H groups in total. The molecule has 0 saturated carbocycles. The fraction of sp³-hybridized carbons (Fsp3) is 0.381. The van der Waals surface area contributed by atoms with Crippen LogP contribution in [0.2, 0.25) is 0 Å². The molecule has 0 radical (unpaired) electrons. The molecule has 10 heteroatoms. The molecular weight excluding hydrogens is 400 g/mol. The van der Waals surface area contributed by atoms with Crippen molar-refractivity contribution in [3.63, 3.8) is 0 Å². The lowest BCUT2D eigenvalue weighted by Crippen LogP contribution is -2.54. The largest absolute Gasteiger partial charge is 0.369 e. The number of imidazole rings is 1. The maximum Gasteiger partial charge on any atom is 0.262 e. The van der Waals surface area contributed by atoms with Crippen molar-refractivity contribution in [1.82, 2.24) is 19.8 Å². The number of hydrogen-bond donors (Lipinski definition) is 2. The number of nitrogens with two attached hydrogens (primary N) is 1. The van der Waals surface area contributed by atoms with Gasteiger partial charge in [-0.25, -0.2) is 4.98 Å². The van der Waals surface area contributed by atoms with E-state index in [1.54, 1.807) is 24.4 Å². The smallest absolute Gasteiger partial charge is 0.262 e. The van der Waals surface area contributed by atoms with E-state index in [2.05, 4.69) is 15.2 Å². The lowest BCUT2D eigenvalue weighted by Gasteiger charge is -2.27. The lowest BCUT2D eigenvalue weighted by atomic mass is 10.0. The first kappa shape index (κ1) is 19.4. The number of anilines is 1. The zero-order valence-corrected chi connectivity index (χ0v) is 16.9. The van der Waals surface area contributed by atoms with E-state index in [0.717, 1.165) is 16.4 Å². The van der Waals surface area contributed by atoms with Crippen LogP contribution in [0.3, 0.4) is 0 Å².